The number of carbonyl (C=O) groups is 1. The number of carbonyl (C=O) groups excluding carboxylic acids is 1. The number of thioether (sulfide) groups is 1. The first-order chi connectivity index (χ1) is 19.1. The maximum absolute atomic E-state index is 13.9. The van der Waals surface area contributed by atoms with E-state index in [-0.39, 0.29) is 11.7 Å². The van der Waals surface area contributed by atoms with E-state index < -0.39 is 0 Å². The monoisotopic (exact) mass is 531 g/mol. The highest BCUT2D eigenvalue weighted by atomic mass is 32.2. The van der Waals surface area contributed by atoms with E-state index in [2.05, 4.69) is 23.6 Å². The van der Waals surface area contributed by atoms with Gasteiger partial charge in [-0.3, -0.25) is 9.69 Å². The molecular weight excluding hydrogens is 505 g/mol. The van der Waals surface area contributed by atoms with Gasteiger partial charge < -0.3 is 4.57 Å². The Hall–Kier alpha value is -4.42. The van der Waals surface area contributed by atoms with Gasteiger partial charge in [0, 0.05) is 28.7 Å². The van der Waals surface area contributed by atoms with Crippen molar-refractivity contribution < 1.29 is 9.18 Å². The van der Waals surface area contributed by atoms with Gasteiger partial charge in [0.25, 0.3) is 5.91 Å². The largest absolute Gasteiger partial charge is 0.340 e. The van der Waals surface area contributed by atoms with Crippen molar-refractivity contribution in [3.63, 3.8) is 0 Å². The van der Waals surface area contributed by atoms with E-state index in [4.69, 9.17) is 4.99 Å². The minimum atomic E-state index is -0.249. The Labute approximate surface area is 231 Å². The lowest BCUT2D eigenvalue weighted by Crippen LogP contribution is -2.28. The van der Waals surface area contributed by atoms with Crippen LogP contribution in [0.1, 0.15) is 22.4 Å². The van der Waals surface area contributed by atoms with Crippen molar-refractivity contribution in [1.29, 1.82) is 0 Å². The molecule has 6 rings (SSSR count). The second-order valence-corrected chi connectivity index (χ2v) is 10.5. The number of rotatable bonds is 6. The quantitative estimate of drug-likeness (QED) is 0.209. The van der Waals surface area contributed by atoms with Gasteiger partial charge in [-0.15, -0.1) is 0 Å². The molecule has 5 aromatic rings. The Kier molecular flexibility index (Phi) is 6.86. The van der Waals surface area contributed by atoms with Crippen LogP contribution in [0.15, 0.2) is 119 Å². The first-order valence-electron chi connectivity index (χ1n) is 12.8. The number of nitrogens with zero attached hydrogens (tertiary/aromatic N) is 3. The summed E-state index contributed by atoms with van der Waals surface area (Å²) in [4.78, 5) is 21.0. The molecular formula is C33H26FN3OS. The summed E-state index contributed by atoms with van der Waals surface area (Å²) in [6.45, 7) is 3.03. The summed E-state index contributed by atoms with van der Waals surface area (Å²) in [5.74, 6) is -0.319. The van der Waals surface area contributed by atoms with E-state index in [0.29, 0.717) is 23.2 Å². The van der Waals surface area contributed by atoms with Crippen molar-refractivity contribution in [2.45, 2.75) is 20.0 Å². The minimum absolute atomic E-state index is 0.0695. The SMILES string of the molecule is Cc1c(/C=C2/SC(=Nc3ccccc3)N(Cc3ccccc3)C2=O)c2ccccc2n1Cc1cccc(F)c1. The predicted octanol–water partition coefficient (Wildman–Crippen LogP) is 7.94. The lowest BCUT2D eigenvalue weighted by Gasteiger charge is -2.15. The van der Waals surface area contributed by atoms with E-state index in [1.165, 1.54) is 17.8 Å². The van der Waals surface area contributed by atoms with Gasteiger partial charge in [0.15, 0.2) is 5.17 Å². The molecule has 1 fully saturated rings. The molecule has 1 saturated heterocycles. The number of benzene rings is 4. The van der Waals surface area contributed by atoms with Crippen LogP contribution in [-0.2, 0) is 17.9 Å². The fraction of sp³-hybridized carbons (Fsp3) is 0.0909. The molecule has 0 spiro atoms. The highest BCUT2D eigenvalue weighted by Gasteiger charge is 2.34. The molecule has 0 aliphatic carbocycles. The second kappa shape index (κ2) is 10.8. The summed E-state index contributed by atoms with van der Waals surface area (Å²) in [5, 5.41) is 1.71. The van der Waals surface area contributed by atoms with Crippen LogP contribution in [0.5, 0.6) is 0 Å². The zero-order chi connectivity index (χ0) is 26.8. The summed E-state index contributed by atoms with van der Waals surface area (Å²) < 4.78 is 16.1. The molecule has 0 radical (unpaired) electrons. The zero-order valence-electron chi connectivity index (χ0n) is 21.4. The first-order valence-corrected chi connectivity index (χ1v) is 13.6. The standard InChI is InChI=1S/C33H26FN3OS/c1-23-29(28-17-8-9-18-30(28)36(23)22-25-13-10-14-26(34)19-25)20-31-32(38)37(21-24-11-4-2-5-12-24)33(39-31)35-27-15-6-3-7-16-27/h2-20H,21-22H2,1H3/b31-20+,35-33?. The first kappa shape index (κ1) is 24.9. The molecule has 1 amide bonds. The molecule has 0 bridgehead atoms. The molecule has 4 aromatic carbocycles. The lowest BCUT2D eigenvalue weighted by atomic mass is 10.1. The Balaban J connectivity index is 1.42. The van der Waals surface area contributed by atoms with Gasteiger partial charge in [-0.25, -0.2) is 9.38 Å². The van der Waals surface area contributed by atoms with Gasteiger partial charge in [-0.2, -0.15) is 0 Å². The number of hydrogen-bond acceptors (Lipinski definition) is 3. The third-order valence-corrected chi connectivity index (χ3v) is 7.84. The average molecular weight is 532 g/mol. The fourth-order valence-corrected chi connectivity index (χ4v) is 5.88. The number of aromatic nitrogens is 1. The Morgan fingerprint density at radius 2 is 1.51 bits per heavy atom. The van der Waals surface area contributed by atoms with Crippen LogP contribution in [0.4, 0.5) is 10.1 Å². The van der Waals surface area contributed by atoms with Crippen LogP contribution < -0.4 is 0 Å². The molecule has 0 unspecified atom stereocenters. The predicted molar refractivity (Wildman–Crippen MR) is 158 cm³/mol. The third-order valence-electron chi connectivity index (χ3n) is 6.84. The zero-order valence-corrected chi connectivity index (χ0v) is 22.2. The molecule has 192 valence electrons. The van der Waals surface area contributed by atoms with Crippen molar-refractivity contribution in [1.82, 2.24) is 9.47 Å². The van der Waals surface area contributed by atoms with E-state index in [0.717, 1.165) is 39.0 Å². The maximum Gasteiger partial charge on any atom is 0.267 e. The molecule has 0 atom stereocenters. The second-order valence-electron chi connectivity index (χ2n) is 9.45. The van der Waals surface area contributed by atoms with E-state index in [1.54, 1.807) is 17.0 Å². The molecule has 0 saturated carbocycles. The van der Waals surface area contributed by atoms with Crippen LogP contribution in [0.2, 0.25) is 0 Å². The van der Waals surface area contributed by atoms with Gasteiger partial charge in [0.1, 0.15) is 5.82 Å². The fourth-order valence-electron chi connectivity index (χ4n) is 4.90. The van der Waals surface area contributed by atoms with Crippen LogP contribution in [-0.4, -0.2) is 20.5 Å². The number of para-hydroxylation sites is 2. The maximum atomic E-state index is 13.9. The number of fused-ring (bicyclic) bond motifs is 1. The van der Waals surface area contributed by atoms with Crippen LogP contribution in [0, 0.1) is 12.7 Å². The highest BCUT2D eigenvalue weighted by Crippen LogP contribution is 2.37. The summed E-state index contributed by atoms with van der Waals surface area (Å²) in [6, 6.07) is 34.5. The van der Waals surface area contributed by atoms with Gasteiger partial charge in [0.2, 0.25) is 0 Å². The van der Waals surface area contributed by atoms with E-state index in [1.807, 2.05) is 84.9 Å². The molecule has 1 aromatic heterocycles. The summed E-state index contributed by atoms with van der Waals surface area (Å²) in [6.07, 6.45) is 1.98. The number of aliphatic imine (C=N–C) groups is 1. The van der Waals surface area contributed by atoms with Crippen molar-refractivity contribution in [3.05, 3.63) is 142 Å². The minimum Gasteiger partial charge on any atom is -0.340 e. The Morgan fingerprint density at radius 1 is 0.821 bits per heavy atom. The Bertz CT molecular complexity index is 1720. The third kappa shape index (κ3) is 5.16. The molecule has 1 aliphatic rings. The van der Waals surface area contributed by atoms with Crippen molar-refractivity contribution in [2.24, 2.45) is 4.99 Å². The van der Waals surface area contributed by atoms with Crippen LogP contribution >= 0.6 is 11.8 Å². The molecule has 0 N–H and O–H groups in total. The smallest absolute Gasteiger partial charge is 0.267 e. The molecule has 2 heterocycles. The van der Waals surface area contributed by atoms with E-state index in [9.17, 15) is 9.18 Å². The summed E-state index contributed by atoms with van der Waals surface area (Å²) in [5.41, 5.74) is 5.77. The normalized spacial score (nSPS) is 15.6. The number of halogens is 1. The van der Waals surface area contributed by atoms with Gasteiger partial charge in [0.05, 0.1) is 17.1 Å². The molecule has 4 nitrogen and oxygen atoms in total. The number of amides is 1. The van der Waals surface area contributed by atoms with Gasteiger partial charge in [-0.1, -0.05) is 78.9 Å². The highest BCUT2D eigenvalue weighted by molar-refractivity contribution is 8.18. The lowest BCUT2D eigenvalue weighted by molar-refractivity contribution is -0.122. The van der Waals surface area contributed by atoms with Crippen molar-refractivity contribution >= 4 is 45.5 Å². The molecule has 39 heavy (non-hydrogen) atoms. The topological polar surface area (TPSA) is 37.6 Å². The van der Waals surface area contributed by atoms with Crippen molar-refractivity contribution in [3.8, 4) is 0 Å². The molecule has 6 heteroatoms. The van der Waals surface area contributed by atoms with Crippen LogP contribution in [0.25, 0.3) is 17.0 Å². The van der Waals surface area contributed by atoms with Gasteiger partial charge >= 0.3 is 0 Å². The summed E-state index contributed by atoms with van der Waals surface area (Å²) in [7, 11) is 0. The average Bonchev–Trinajstić information content (AvgIpc) is 3.38. The van der Waals surface area contributed by atoms with E-state index >= 15 is 0 Å². The van der Waals surface area contributed by atoms with Crippen LogP contribution in [0.3, 0.4) is 0 Å². The number of amidine groups is 1. The van der Waals surface area contributed by atoms with Crippen molar-refractivity contribution in [2.75, 3.05) is 0 Å². The molecule has 1 aliphatic heterocycles. The summed E-state index contributed by atoms with van der Waals surface area (Å²) >= 11 is 1.40. The Morgan fingerprint density at radius 3 is 2.28 bits per heavy atom. The number of hydrogen-bond donors (Lipinski definition) is 0. The van der Waals surface area contributed by atoms with Gasteiger partial charge in [-0.05, 0) is 66.2 Å².